The number of piperidine rings is 1. The van der Waals surface area contributed by atoms with E-state index in [4.69, 9.17) is 11.6 Å². The van der Waals surface area contributed by atoms with Crippen molar-refractivity contribution in [1.29, 1.82) is 0 Å². The zero-order chi connectivity index (χ0) is 12.7. The van der Waals surface area contributed by atoms with E-state index in [9.17, 15) is 9.59 Å². The van der Waals surface area contributed by atoms with Crippen LogP contribution in [0, 0.1) is 5.92 Å². The summed E-state index contributed by atoms with van der Waals surface area (Å²) in [4.78, 5) is 24.6. The third kappa shape index (κ3) is 4.94. The maximum atomic E-state index is 11.7. The van der Waals surface area contributed by atoms with Crippen molar-refractivity contribution < 1.29 is 9.59 Å². The molecule has 0 radical (unpaired) electrons. The molecule has 0 aromatic rings. The Morgan fingerprint density at radius 3 is 2.53 bits per heavy atom. The molecule has 0 aromatic heterocycles. The summed E-state index contributed by atoms with van der Waals surface area (Å²) in [6.07, 6.45) is 4.72. The molecule has 1 heterocycles. The summed E-state index contributed by atoms with van der Waals surface area (Å²) in [6.45, 7) is 3.69. The van der Waals surface area contributed by atoms with Gasteiger partial charge in [0.25, 0.3) is 0 Å². The fourth-order valence-corrected chi connectivity index (χ4v) is 2.35. The van der Waals surface area contributed by atoms with E-state index in [0.29, 0.717) is 0 Å². The maximum Gasteiger partial charge on any atom is 0.324 e. The highest BCUT2D eigenvalue weighted by Gasteiger charge is 2.22. The minimum absolute atomic E-state index is 0.194. The highest BCUT2D eigenvalue weighted by atomic mass is 35.5. The first-order valence-corrected chi connectivity index (χ1v) is 6.85. The molecule has 1 aliphatic rings. The summed E-state index contributed by atoms with van der Waals surface area (Å²) in [5.74, 6) is 0.695. The summed E-state index contributed by atoms with van der Waals surface area (Å²) >= 11 is 5.43. The van der Waals surface area contributed by atoms with E-state index < -0.39 is 0 Å². The lowest BCUT2D eigenvalue weighted by Crippen LogP contribution is -2.46. The average Bonchev–Trinajstić information content (AvgIpc) is 2.30. The molecule has 17 heavy (non-hydrogen) atoms. The molecule has 1 saturated heterocycles. The van der Waals surface area contributed by atoms with Crippen LogP contribution in [-0.2, 0) is 4.79 Å². The first-order chi connectivity index (χ1) is 8.17. The zero-order valence-corrected chi connectivity index (χ0v) is 11.1. The number of amides is 3. The molecule has 1 aliphatic heterocycles. The van der Waals surface area contributed by atoms with Gasteiger partial charge in [0.2, 0.25) is 5.91 Å². The van der Waals surface area contributed by atoms with Crippen molar-refractivity contribution in [1.82, 2.24) is 10.2 Å². The smallest absolute Gasteiger partial charge is 0.324 e. The van der Waals surface area contributed by atoms with Gasteiger partial charge in [-0.2, -0.15) is 0 Å². The van der Waals surface area contributed by atoms with Crippen LogP contribution in [0.5, 0.6) is 0 Å². The first-order valence-electron chi connectivity index (χ1n) is 6.32. The lowest BCUT2D eigenvalue weighted by Gasteiger charge is -2.31. The van der Waals surface area contributed by atoms with E-state index in [1.54, 1.807) is 4.90 Å². The van der Waals surface area contributed by atoms with Crippen LogP contribution in [0.1, 0.15) is 39.0 Å². The molecule has 0 bridgehead atoms. The van der Waals surface area contributed by atoms with Gasteiger partial charge in [-0.05, 0) is 18.8 Å². The SMILES string of the molecule is CCCC1CCN(C(=O)NC(=O)CCCl)CC1. The molecule has 0 spiro atoms. The molecule has 3 amide bonds. The molecule has 1 N–H and O–H groups in total. The Bertz CT molecular complexity index is 263. The molecule has 1 rings (SSSR count). The molecule has 0 saturated carbocycles. The number of rotatable bonds is 4. The van der Waals surface area contributed by atoms with Gasteiger partial charge in [-0.3, -0.25) is 10.1 Å². The van der Waals surface area contributed by atoms with E-state index in [1.807, 2.05) is 0 Å². The van der Waals surface area contributed by atoms with Crippen molar-refractivity contribution in [2.24, 2.45) is 5.92 Å². The van der Waals surface area contributed by atoms with E-state index >= 15 is 0 Å². The number of urea groups is 1. The molecular weight excluding hydrogens is 240 g/mol. The van der Waals surface area contributed by atoms with Crippen LogP contribution < -0.4 is 5.32 Å². The number of nitrogens with zero attached hydrogens (tertiary/aromatic N) is 1. The molecule has 0 unspecified atom stereocenters. The van der Waals surface area contributed by atoms with E-state index in [-0.39, 0.29) is 24.2 Å². The Labute approximate surface area is 108 Å². The average molecular weight is 261 g/mol. The van der Waals surface area contributed by atoms with Crippen LogP contribution in [0.2, 0.25) is 0 Å². The lowest BCUT2D eigenvalue weighted by molar-refractivity contribution is -0.119. The predicted molar refractivity (Wildman–Crippen MR) is 68.1 cm³/mol. The minimum atomic E-state index is -0.291. The number of likely N-dealkylation sites (tertiary alicyclic amines) is 1. The number of halogens is 1. The largest absolute Gasteiger partial charge is 0.324 e. The number of alkyl halides is 1. The van der Waals surface area contributed by atoms with E-state index in [1.165, 1.54) is 12.8 Å². The van der Waals surface area contributed by atoms with E-state index in [2.05, 4.69) is 12.2 Å². The maximum absolute atomic E-state index is 11.7. The molecule has 98 valence electrons. The molecule has 0 aliphatic carbocycles. The quantitative estimate of drug-likeness (QED) is 0.789. The number of carbonyl (C=O) groups is 2. The first kappa shape index (κ1) is 14.3. The molecule has 4 nitrogen and oxygen atoms in total. The summed E-state index contributed by atoms with van der Waals surface area (Å²) < 4.78 is 0. The van der Waals surface area contributed by atoms with Gasteiger partial charge in [0.05, 0.1) is 0 Å². The highest BCUT2D eigenvalue weighted by Crippen LogP contribution is 2.21. The van der Waals surface area contributed by atoms with Crippen LogP contribution in [0.4, 0.5) is 4.79 Å². The molecular formula is C12H21ClN2O2. The standard InChI is InChI=1S/C12H21ClN2O2/c1-2-3-10-5-8-15(9-6-10)12(17)14-11(16)4-7-13/h10H,2-9H2,1H3,(H,14,16,17). The predicted octanol–water partition coefficient (Wildman–Crippen LogP) is 2.36. The second kappa shape index (κ2) is 7.54. The van der Waals surface area contributed by atoms with Crippen molar-refractivity contribution in [2.75, 3.05) is 19.0 Å². The fourth-order valence-electron chi connectivity index (χ4n) is 2.18. The van der Waals surface area contributed by atoms with Crippen molar-refractivity contribution in [3.8, 4) is 0 Å². The normalized spacial score (nSPS) is 16.9. The van der Waals surface area contributed by atoms with Gasteiger partial charge in [0.15, 0.2) is 0 Å². The third-order valence-electron chi connectivity index (χ3n) is 3.17. The third-order valence-corrected chi connectivity index (χ3v) is 3.36. The second-order valence-corrected chi connectivity index (χ2v) is 4.89. The summed E-state index contributed by atoms with van der Waals surface area (Å²) in [7, 11) is 0. The number of nitrogens with one attached hydrogen (secondary N) is 1. The Kier molecular flexibility index (Phi) is 6.34. The monoisotopic (exact) mass is 260 g/mol. The topological polar surface area (TPSA) is 49.4 Å². The number of carbonyl (C=O) groups excluding carboxylic acids is 2. The molecule has 0 aromatic carbocycles. The molecule has 1 fully saturated rings. The van der Waals surface area contributed by atoms with Gasteiger partial charge in [-0.25, -0.2) is 4.79 Å². The van der Waals surface area contributed by atoms with Crippen LogP contribution in [0.15, 0.2) is 0 Å². The Balaban J connectivity index is 2.28. The molecule has 5 heteroatoms. The lowest BCUT2D eigenvalue weighted by atomic mass is 9.93. The number of hydrogen-bond donors (Lipinski definition) is 1. The summed E-state index contributed by atoms with van der Waals surface area (Å²) in [5.41, 5.74) is 0. The van der Waals surface area contributed by atoms with E-state index in [0.717, 1.165) is 31.8 Å². The second-order valence-electron chi connectivity index (χ2n) is 4.51. The number of imide groups is 1. The summed E-state index contributed by atoms with van der Waals surface area (Å²) in [6, 6.07) is -0.268. The van der Waals surface area contributed by atoms with Crippen molar-refractivity contribution in [2.45, 2.75) is 39.0 Å². The fraction of sp³-hybridized carbons (Fsp3) is 0.833. The van der Waals surface area contributed by atoms with Crippen LogP contribution in [0.3, 0.4) is 0 Å². The summed E-state index contributed by atoms with van der Waals surface area (Å²) in [5, 5.41) is 2.36. The molecule has 0 atom stereocenters. The van der Waals surface area contributed by atoms with Crippen LogP contribution >= 0.6 is 11.6 Å². The Hall–Kier alpha value is -0.770. The Morgan fingerprint density at radius 2 is 2.00 bits per heavy atom. The van der Waals surface area contributed by atoms with Crippen LogP contribution in [0.25, 0.3) is 0 Å². The van der Waals surface area contributed by atoms with Crippen molar-refractivity contribution >= 4 is 23.5 Å². The van der Waals surface area contributed by atoms with Gasteiger partial charge in [-0.15, -0.1) is 11.6 Å². The van der Waals surface area contributed by atoms with Gasteiger partial charge < -0.3 is 4.90 Å². The van der Waals surface area contributed by atoms with Gasteiger partial charge in [0, 0.05) is 25.4 Å². The van der Waals surface area contributed by atoms with Gasteiger partial charge in [0.1, 0.15) is 0 Å². The van der Waals surface area contributed by atoms with Crippen molar-refractivity contribution in [3.05, 3.63) is 0 Å². The van der Waals surface area contributed by atoms with Crippen LogP contribution in [-0.4, -0.2) is 35.8 Å². The Morgan fingerprint density at radius 1 is 1.35 bits per heavy atom. The number of hydrogen-bond acceptors (Lipinski definition) is 2. The van der Waals surface area contributed by atoms with Crippen molar-refractivity contribution in [3.63, 3.8) is 0 Å². The highest BCUT2D eigenvalue weighted by molar-refractivity contribution is 6.19. The van der Waals surface area contributed by atoms with Gasteiger partial charge in [-0.1, -0.05) is 19.8 Å². The minimum Gasteiger partial charge on any atom is -0.324 e. The zero-order valence-electron chi connectivity index (χ0n) is 10.4. The van der Waals surface area contributed by atoms with Gasteiger partial charge >= 0.3 is 6.03 Å².